The van der Waals surface area contributed by atoms with Crippen LogP contribution in [0.5, 0.6) is 5.75 Å². The van der Waals surface area contributed by atoms with Crippen molar-refractivity contribution in [1.29, 1.82) is 0 Å². The lowest BCUT2D eigenvalue weighted by atomic mass is 10.0. The molecule has 1 aliphatic heterocycles. The number of aliphatic hydroxyl groups excluding tert-OH is 1. The van der Waals surface area contributed by atoms with Crippen LogP contribution in [0.1, 0.15) is 30.5 Å². The highest BCUT2D eigenvalue weighted by Crippen LogP contribution is 2.30. The maximum atomic E-state index is 13.6. The van der Waals surface area contributed by atoms with Crippen molar-refractivity contribution in [2.24, 2.45) is 13.0 Å². The third kappa shape index (κ3) is 7.11. The quantitative estimate of drug-likeness (QED) is 0.282. The van der Waals surface area contributed by atoms with Crippen LogP contribution in [-0.4, -0.2) is 78.0 Å². The molecule has 2 heterocycles. The Bertz CT molecular complexity index is 1840. The van der Waals surface area contributed by atoms with Gasteiger partial charge in [-0.2, -0.15) is 4.31 Å². The van der Waals surface area contributed by atoms with Crippen molar-refractivity contribution in [3.8, 4) is 5.75 Å². The summed E-state index contributed by atoms with van der Waals surface area (Å²) >= 11 is 0. The maximum Gasteiger partial charge on any atom is 0.242 e. The van der Waals surface area contributed by atoms with Crippen LogP contribution in [0.3, 0.4) is 0 Å². The minimum atomic E-state index is -3.81. The Kier molecular flexibility index (Phi) is 9.85. The monoisotopic (exact) mass is 646 g/mol. The summed E-state index contributed by atoms with van der Waals surface area (Å²) in [5.74, 6) is -0.230. The van der Waals surface area contributed by atoms with E-state index in [2.05, 4.69) is 5.32 Å². The average Bonchev–Trinajstić information content (AvgIpc) is 3.35. The van der Waals surface area contributed by atoms with Crippen LogP contribution < -0.4 is 10.1 Å². The SMILES string of the molecule is Cc1ccc(S(=O)(=O)N(C)C[C@@H]2Oc3ccc(NC(=O)Cc4cn(C)c5ccccc45)cc3CC(=O)N([C@H](C)CO)C[C@H]2C)cc1. The first-order chi connectivity index (χ1) is 21.9. The summed E-state index contributed by atoms with van der Waals surface area (Å²) in [7, 11) is -0.338. The standard InChI is InChI=1S/C35H42N4O6S/c1-23-10-13-29(14-11-23)46(43,44)38(5)21-33-24(2)19-39(25(3)22-40)35(42)18-26-16-28(12-15-32(26)45-33)36-34(41)17-27-20-37(4)31-9-7-6-8-30(27)31/h6-16,20,24-25,33,40H,17-19,21-22H2,1-5H3,(H,36,41)/t24-,25-,33+/m1/s1. The van der Waals surface area contributed by atoms with E-state index in [1.807, 2.05) is 55.9 Å². The van der Waals surface area contributed by atoms with Crippen LogP contribution in [0.2, 0.25) is 0 Å². The zero-order valence-electron chi connectivity index (χ0n) is 26.9. The van der Waals surface area contributed by atoms with E-state index in [-0.39, 0.29) is 55.2 Å². The molecule has 2 N–H and O–H groups in total. The molecule has 5 rings (SSSR count). The minimum Gasteiger partial charge on any atom is -0.488 e. The fourth-order valence-corrected chi connectivity index (χ4v) is 7.09. The molecule has 3 aromatic carbocycles. The number of amides is 2. The number of nitrogens with one attached hydrogen (secondary N) is 1. The second kappa shape index (κ2) is 13.7. The fraction of sp³-hybridized carbons (Fsp3) is 0.371. The second-order valence-corrected chi connectivity index (χ2v) is 14.4. The zero-order valence-corrected chi connectivity index (χ0v) is 27.8. The molecule has 3 atom stereocenters. The molecule has 4 aromatic rings. The van der Waals surface area contributed by atoms with E-state index in [1.165, 1.54) is 11.4 Å². The lowest BCUT2D eigenvalue weighted by molar-refractivity contribution is -0.134. The molecule has 244 valence electrons. The number of carbonyl (C=O) groups is 2. The summed E-state index contributed by atoms with van der Waals surface area (Å²) in [6, 6.07) is 19.3. The molecule has 2 amide bonds. The van der Waals surface area contributed by atoms with E-state index >= 15 is 0 Å². The number of carbonyl (C=O) groups excluding carboxylic acids is 2. The number of rotatable bonds is 9. The van der Waals surface area contributed by atoms with Gasteiger partial charge in [0.25, 0.3) is 0 Å². The highest BCUT2D eigenvalue weighted by Gasteiger charge is 2.33. The van der Waals surface area contributed by atoms with Gasteiger partial charge in [0.05, 0.1) is 36.9 Å². The largest absolute Gasteiger partial charge is 0.488 e. The molecule has 11 heteroatoms. The lowest BCUT2D eigenvalue weighted by Gasteiger charge is -2.33. The molecular weight excluding hydrogens is 604 g/mol. The minimum absolute atomic E-state index is 0.0103. The number of benzene rings is 3. The Balaban J connectivity index is 1.41. The van der Waals surface area contributed by atoms with Gasteiger partial charge >= 0.3 is 0 Å². The number of anilines is 1. The second-order valence-electron chi connectivity index (χ2n) is 12.3. The van der Waals surface area contributed by atoms with E-state index in [0.29, 0.717) is 17.0 Å². The molecule has 0 unspecified atom stereocenters. The maximum absolute atomic E-state index is 13.6. The van der Waals surface area contributed by atoms with Gasteiger partial charge < -0.3 is 24.6 Å². The number of fused-ring (bicyclic) bond motifs is 2. The predicted molar refractivity (Wildman–Crippen MR) is 178 cm³/mol. The number of sulfonamides is 1. The van der Waals surface area contributed by atoms with Crippen molar-refractivity contribution in [2.45, 2.75) is 50.7 Å². The molecule has 0 saturated carbocycles. The molecule has 0 saturated heterocycles. The molecule has 0 aliphatic carbocycles. The number of nitrogens with zero attached hydrogens (tertiary/aromatic N) is 3. The van der Waals surface area contributed by atoms with Gasteiger partial charge in [0.2, 0.25) is 21.8 Å². The molecule has 1 aliphatic rings. The highest BCUT2D eigenvalue weighted by molar-refractivity contribution is 7.89. The molecule has 10 nitrogen and oxygen atoms in total. The third-order valence-corrected chi connectivity index (χ3v) is 10.5. The predicted octanol–water partition coefficient (Wildman–Crippen LogP) is 4.14. The molecule has 46 heavy (non-hydrogen) atoms. The van der Waals surface area contributed by atoms with Gasteiger partial charge in [-0.1, -0.05) is 42.8 Å². The van der Waals surface area contributed by atoms with Crippen LogP contribution >= 0.6 is 0 Å². The number of aryl methyl sites for hydroxylation is 2. The van der Waals surface area contributed by atoms with Crippen LogP contribution in [-0.2, 0) is 39.5 Å². The summed E-state index contributed by atoms with van der Waals surface area (Å²) in [5, 5.41) is 13.9. The number of aliphatic hydroxyl groups is 1. The van der Waals surface area contributed by atoms with Crippen molar-refractivity contribution >= 4 is 38.4 Å². The average molecular weight is 647 g/mol. The van der Waals surface area contributed by atoms with Gasteiger partial charge in [-0.25, -0.2) is 8.42 Å². The molecule has 0 spiro atoms. The van der Waals surface area contributed by atoms with E-state index in [4.69, 9.17) is 4.74 Å². The Hall–Kier alpha value is -4.19. The van der Waals surface area contributed by atoms with E-state index in [1.54, 1.807) is 54.3 Å². The van der Waals surface area contributed by atoms with Gasteiger partial charge in [0.15, 0.2) is 0 Å². The third-order valence-electron chi connectivity index (χ3n) is 8.70. The number of hydrogen-bond acceptors (Lipinski definition) is 6. The van der Waals surface area contributed by atoms with Gasteiger partial charge in [-0.05, 0) is 55.8 Å². The topological polar surface area (TPSA) is 121 Å². The highest BCUT2D eigenvalue weighted by atomic mass is 32.2. The summed E-state index contributed by atoms with van der Waals surface area (Å²) < 4.78 is 36.7. The summed E-state index contributed by atoms with van der Waals surface area (Å²) in [6.07, 6.45) is 1.51. The van der Waals surface area contributed by atoms with Crippen LogP contribution in [0.4, 0.5) is 5.69 Å². The fourth-order valence-electron chi connectivity index (χ4n) is 5.91. The number of hydrogen-bond donors (Lipinski definition) is 2. The first-order valence-corrected chi connectivity index (χ1v) is 16.9. The van der Waals surface area contributed by atoms with E-state index in [9.17, 15) is 23.1 Å². The zero-order chi connectivity index (χ0) is 33.2. The smallest absolute Gasteiger partial charge is 0.242 e. The number of ether oxygens (including phenoxy) is 1. The van der Waals surface area contributed by atoms with E-state index in [0.717, 1.165) is 22.0 Å². The van der Waals surface area contributed by atoms with Crippen LogP contribution in [0.25, 0.3) is 10.9 Å². The Labute approximate surface area is 270 Å². The molecule has 1 aromatic heterocycles. The van der Waals surface area contributed by atoms with Crippen molar-refractivity contribution in [1.82, 2.24) is 13.8 Å². The first kappa shape index (κ1) is 33.2. The van der Waals surface area contributed by atoms with Crippen molar-refractivity contribution in [3.05, 3.63) is 89.6 Å². The van der Waals surface area contributed by atoms with Crippen molar-refractivity contribution in [2.75, 3.05) is 32.1 Å². The molecule has 0 radical (unpaired) electrons. The number of para-hydroxylation sites is 1. The van der Waals surface area contributed by atoms with Crippen molar-refractivity contribution < 1.29 is 27.9 Å². The lowest BCUT2D eigenvalue weighted by Crippen LogP contribution is -2.48. The van der Waals surface area contributed by atoms with Crippen molar-refractivity contribution in [3.63, 3.8) is 0 Å². The van der Waals surface area contributed by atoms with Gasteiger partial charge in [0.1, 0.15) is 11.9 Å². The first-order valence-electron chi connectivity index (χ1n) is 15.4. The summed E-state index contributed by atoms with van der Waals surface area (Å²) in [5.41, 5.74) is 3.99. The van der Waals surface area contributed by atoms with Crippen LogP contribution in [0, 0.1) is 12.8 Å². The summed E-state index contributed by atoms with van der Waals surface area (Å²) in [4.78, 5) is 28.6. The van der Waals surface area contributed by atoms with E-state index < -0.39 is 22.2 Å². The van der Waals surface area contributed by atoms with Gasteiger partial charge in [0, 0.05) is 54.9 Å². The molecule has 0 bridgehead atoms. The van der Waals surface area contributed by atoms with Gasteiger partial charge in [-0.15, -0.1) is 0 Å². The molecule has 0 fully saturated rings. The van der Waals surface area contributed by atoms with Gasteiger partial charge in [-0.3, -0.25) is 9.59 Å². The Morgan fingerprint density at radius 3 is 2.57 bits per heavy atom. The normalized spacial score (nSPS) is 18.0. The number of aromatic nitrogens is 1. The number of likely N-dealkylation sites (N-methyl/N-ethyl adjacent to an activating group) is 1. The Morgan fingerprint density at radius 2 is 1.85 bits per heavy atom. The van der Waals surface area contributed by atoms with Crippen LogP contribution in [0.15, 0.2) is 77.8 Å². The molecular formula is C35H42N4O6S. The Morgan fingerprint density at radius 1 is 1.13 bits per heavy atom. The summed E-state index contributed by atoms with van der Waals surface area (Å²) in [6.45, 7) is 5.67.